The molecule has 0 bridgehead atoms. The second-order valence-corrected chi connectivity index (χ2v) is 4.69. The number of aryl methyl sites for hydroxylation is 1. The molecular weight excluding hydrogens is 252 g/mol. The third-order valence-electron chi connectivity index (χ3n) is 3.08. The smallest absolute Gasteiger partial charge is 0.163 e. The molecule has 0 saturated carbocycles. The minimum Gasteiger partial charge on any atom is -0.497 e. The molecule has 104 valence electrons. The number of ether oxygens (including phenoxy) is 2. The second-order valence-electron chi connectivity index (χ2n) is 4.69. The lowest BCUT2D eigenvalue weighted by atomic mass is 10.1. The number of hydrogen-bond donors (Lipinski definition) is 0. The minimum atomic E-state index is -0.0217. The van der Waals surface area contributed by atoms with Crippen molar-refractivity contribution in [2.75, 3.05) is 7.11 Å². The summed E-state index contributed by atoms with van der Waals surface area (Å²) in [6.07, 6.45) is 0. The Hall–Kier alpha value is -2.29. The summed E-state index contributed by atoms with van der Waals surface area (Å²) in [6, 6.07) is 13.3. The van der Waals surface area contributed by atoms with Gasteiger partial charge in [0.25, 0.3) is 0 Å². The zero-order valence-electron chi connectivity index (χ0n) is 12.0. The lowest BCUT2D eigenvalue weighted by Gasteiger charge is -2.11. The SMILES string of the molecule is COc1ccc(C(C)=O)c(OCc2ccc(C)cc2)c1. The van der Waals surface area contributed by atoms with Crippen molar-refractivity contribution in [3.8, 4) is 11.5 Å². The summed E-state index contributed by atoms with van der Waals surface area (Å²) in [5.74, 6) is 1.21. The second kappa shape index (κ2) is 6.24. The van der Waals surface area contributed by atoms with E-state index < -0.39 is 0 Å². The Morgan fingerprint density at radius 1 is 1.10 bits per heavy atom. The van der Waals surface area contributed by atoms with Crippen LogP contribution in [0, 0.1) is 6.92 Å². The minimum absolute atomic E-state index is 0.0217. The van der Waals surface area contributed by atoms with E-state index in [2.05, 4.69) is 0 Å². The van der Waals surface area contributed by atoms with Crippen molar-refractivity contribution >= 4 is 5.78 Å². The molecule has 2 aromatic rings. The largest absolute Gasteiger partial charge is 0.497 e. The molecule has 0 saturated heterocycles. The Labute approximate surface area is 119 Å². The van der Waals surface area contributed by atoms with Gasteiger partial charge in [0.15, 0.2) is 5.78 Å². The molecule has 0 radical (unpaired) electrons. The van der Waals surface area contributed by atoms with Gasteiger partial charge in [0.1, 0.15) is 18.1 Å². The van der Waals surface area contributed by atoms with Gasteiger partial charge in [-0.05, 0) is 31.5 Å². The first kappa shape index (κ1) is 14.1. The number of hydrogen-bond acceptors (Lipinski definition) is 3. The molecule has 2 aromatic carbocycles. The monoisotopic (exact) mass is 270 g/mol. The Balaban J connectivity index is 2.18. The highest BCUT2D eigenvalue weighted by Crippen LogP contribution is 2.26. The topological polar surface area (TPSA) is 35.5 Å². The van der Waals surface area contributed by atoms with E-state index >= 15 is 0 Å². The average molecular weight is 270 g/mol. The normalized spacial score (nSPS) is 10.2. The van der Waals surface area contributed by atoms with Crippen molar-refractivity contribution in [3.05, 3.63) is 59.2 Å². The van der Waals surface area contributed by atoms with Gasteiger partial charge in [0.2, 0.25) is 0 Å². The predicted molar refractivity (Wildman–Crippen MR) is 78.5 cm³/mol. The lowest BCUT2D eigenvalue weighted by Crippen LogP contribution is -2.02. The number of benzene rings is 2. The van der Waals surface area contributed by atoms with Crippen LogP contribution in [-0.4, -0.2) is 12.9 Å². The van der Waals surface area contributed by atoms with Crippen molar-refractivity contribution in [1.82, 2.24) is 0 Å². The van der Waals surface area contributed by atoms with Gasteiger partial charge in [0.05, 0.1) is 12.7 Å². The summed E-state index contributed by atoms with van der Waals surface area (Å²) in [5.41, 5.74) is 2.84. The van der Waals surface area contributed by atoms with E-state index in [4.69, 9.17) is 9.47 Å². The van der Waals surface area contributed by atoms with Crippen LogP contribution >= 0.6 is 0 Å². The van der Waals surface area contributed by atoms with Crippen LogP contribution in [0.3, 0.4) is 0 Å². The van der Waals surface area contributed by atoms with Crippen LogP contribution in [-0.2, 0) is 6.61 Å². The first-order valence-corrected chi connectivity index (χ1v) is 6.47. The summed E-state index contributed by atoms with van der Waals surface area (Å²) in [7, 11) is 1.59. The van der Waals surface area contributed by atoms with Crippen LogP contribution in [0.15, 0.2) is 42.5 Å². The van der Waals surface area contributed by atoms with Gasteiger partial charge in [-0.3, -0.25) is 4.79 Å². The lowest BCUT2D eigenvalue weighted by molar-refractivity contribution is 0.101. The van der Waals surface area contributed by atoms with E-state index in [1.807, 2.05) is 31.2 Å². The molecule has 0 atom stereocenters. The molecule has 3 heteroatoms. The Morgan fingerprint density at radius 2 is 1.80 bits per heavy atom. The number of methoxy groups -OCH3 is 1. The predicted octanol–water partition coefficient (Wildman–Crippen LogP) is 3.79. The Morgan fingerprint density at radius 3 is 2.40 bits per heavy atom. The van der Waals surface area contributed by atoms with E-state index in [1.165, 1.54) is 12.5 Å². The first-order valence-electron chi connectivity index (χ1n) is 6.47. The highest BCUT2D eigenvalue weighted by Gasteiger charge is 2.10. The third-order valence-corrected chi connectivity index (χ3v) is 3.08. The van der Waals surface area contributed by atoms with Crippen molar-refractivity contribution in [1.29, 1.82) is 0 Å². The maximum atomic E-state index is 11.6. The fourth-order valence-electron chi connectivity index (χ4n) is 1.89. The number of rotatable bonds is 5. The maximum absolute atomic E-state index is 11.6. The number of carbonyl (C=O) groups excluding carboxylic acids is 1. The van der Waals surface area contributed by atoms with Crippen molar-refractivity contribution < 1.29 is 14.3 Å². The molecule has 0 aliphatic rings. The van der Waals surface area contributed by atoms with Crippen LogP contribution in [0.1, 0.15) is 28.4 Å². The van der Waals surface area contributed by atoms with Gasteiger partial charge in [-0.1, -0.05) is 29.8 Å². The summed E-state index contributed by atoms with van der Waals surface area (Å²) in [5, 5.41) is 0. The number of Topliss-reactive ketones (excluding diaryl/α,β-unsaturated/α-hetero) is 1. The average Bonchev–Trinajstić information content (AvgIpc) is 2.46. The molecule has 0 aromatic heterocycles. The van der Waals surface area contributed by atoms with E-state index in [0.29, 0.717) is 23.7 Å². The molecule has 0 fully saturated rings. The van der Waals surface area contributed by atoms with Crippen molar-refractivity contribution in [2.45, 2.75) is 20.5 Å². The highest BCUT2D eigenvalue weighted by molar-refractivity contribution is 5.97. The van der Waals surface area contributed by atoms with Crippen LogP contribution in [0.25, 0.3) is 0 Å². The molecule has 0 heterocycles. The summed E-state index contributed by atoms with van der Waals surface area (Å²) in [4.78, 5) is 11.6. The van der Waals surface area contributed by atoms with Crippen LogP contribution in [0.4, 0.5) is 0 Å². The first-order chi connectivity index (χ1) is 9.60. The third kappa shape index (κ3) is 3.38. The molecule has 0 spiro atoms. The van der Waals surface area contributed by atoms with Gasteiger partial charge in [-0.25, -0.2) is 0 Å². The Bertz CT molecular complexity index is 600. The van der Waals surface area contributed by atoms with E-state index in [0.717, 1.165) is 5.56 Å². The van der Waals surface area contributed by atoms with Crippen LogP contribution < -0.4 is 9.47 Å². The number of carbonyl (C=O) groups is 1. The van der Waals surface area contributed by atoms with Crippen LogP contribution in [0.2, 0.25) is 0 Å². The van der Waals surface area contributed by atoms with E-state index in [9.17, 15) is 4.79 Å². The molecule has 20 heavy (non-hydrogen) atoms. The van der Waals surface area contributed by atoms with Crippen molar-refractivity contribution in [3.63, 3.8) is 0 Å². The van der Waals surface area contributed by atoms with Gasteiger partial charge in [-0.2, -0.15) is 0 Å². The zero-order valence-corrected chi connectivity index (χ0v) is 12.0. The van der Waals surface area contributed by atoms with E-state index in [-0.39, 0.29) is 5.78 Å². The van der Waals surface area contributed by atoms with E-state index in [1.54, 1.807) is 25.3 Å². The molecule has 0 aliphatic heterocycles. The quantitative estimate of drug-likeness (QED) is 0.775. The van der Waals surface area contributed by atoms with Gasteiger partial charge in [0, 0.05) is 6.07 Å². The zero-order chi connectivity index (χ0) is 14.5. The highest BCUT2D eigenvalue weighted by atomic mass is 16.5. The molecule has 0 unspecified atom stereocenters. The summed E-state index contributed by atoms with van der Waals surface area (Å²) < 4.78 is 10.9. The standard InChI is InChI=1S/C17H18O3/c1-12-4-6-14(7-5-12)11-20-17-10-15(19-3)8-9-16(17)13(2)18/h4-10H,11H2,1-3H3. The van der Waals surface area contributed by atoms with Crippen LogP contribution in [0.5, 0.6) is 11.5 Å². The fraction of sp³-hybridized carbons (Fsp3) is 0.235. The molecular formula is C17H18O3. The molecule has 2 rings (SSSR count). The van der Waals surface area contributed by atoms with Gasteiger partial charge in [-0.15, -0.1) is 0 Å². The molecule has 3 nitrogen and oxygen atoms in total. The van der Waals surface area contributed by atoms with Gasteiger partial charge >= 0.3 is 0 Å². The summed E-state index contributed by atoms with van der Waals surface area (Å²) >= 11 is 0. The van der Waals surface area contributed by atoms with Crippen molar-refractivity contribution in [2.24, 2.45) is 0 Å². The molecule has 0 N–H and O–H groups in total. The molecule has 0 amide bonds. The van der Waals surface area contributed by atoms with Gasteiger partial charge < -0.3 is 9.47 Å². The maximum Gasteiger partial charge on any atom is 0.163 e. The summed E-state index contributed by atoms with van der Waals surface area (Å²) in [6.45, 7) is 3.99. The fourth-order valence-corrected chi connectivity index (χ4v) is 1.89. The number of ketones is 1. The Kier molecular flexibility index (Phi) is 4.41. The molecule has 0 aliphatic carbocycles.